The smallest absolute Gasteiger partial charge is 0.164 e. The van der Waals surface area contributed by atoms with Gasteiger partial charge in [-0.1, -0.05) is 23.5 Å². The second-order valence-electron chi connectivity index (χ2n) is 3.47. The number of fused-ring (bicyclic) bond motifs is 2. The van der Waals surface area contributed by atoms with Crippen molar-refractivity contribution < 1.29 is 10.2 Å². The van der Waals surface area contributed by atoms with Crippen molar-refractivity contribution in [2.75, 3.05) is 10.6 Å². The lowest BCUT2D eigenvalue weighted by molar-refractivity contribution is 0.441. The molecule has 3 rings (SSSR count). The molecule has 2 atom stereocenters. The van der Waals surface area contributed by atoms with E-state index in [0.29, 0.717) is 21.2 Å². The first-order chi connectivity index (χ1) is 7.58. The van der Waals surface area contributed by atoms with Crippen LogP contribution in [0.1, 0.15) is 0 Å². The lowest BCUT2D eigenvalue weighted by Crippen LogP contribution is -2.21. The highest BCUT2D eigenvalue weighted by molar-refractivity contribution is 8.01. The Bertz CT molecular complexity index is 402. The SMILES string of the molecule is NC1Nc2c(O)c3c(c(O)c2S1)SC(N)N3. The summed E-state index contributed by atoms with van der Waals surface area (Å²) in [5, 5.41) is 25.8. The van der Waals surface area contributed by atoms with E-state index in [2.05, 4.69) is 10.6 Å². The molecule has 0 saturated carbocycles. The third-order valence-electron chi connectivity index (χ3n) is 2.42. The molecular formula is C8H10N4O2S2. The third-order valence-corrected chi connectivity index (χ3v) is 4.43. The van der Waals surface area contributed by atoms with Gasteiger partial charge in [-0.15, -0.1) is 0 Å². The van der Waals surface area contributed by atoms with E-state index < -0.39 is 0 Å². The third kappa shape index (κ3) is 1.24. The van der Waals surface area contributed by atoms with E-state index in [1.807, 2.05) is 0 Å². The minimum absolute atomic E-state index is 0.0590. The van der Waals surface area contributed by atoms with Crippen molar-refractivity contribution in [3.05, 3.63) is 0 Å². The van der Waals surface area contributed by atoms with Gasteiger partial charge in [0.05, 0.1) is 21.2 Å². The van der Waals surface area contributed by atoms with Gasteiger partial charge in [0, 0.05) is 0 Å². The Kier molecular flexibility index (Phi) is 2.08. The lowest BCUT2D eigenvalue weighted by Gasteiger charge is -2.10. The first-order valence-electron chi connectivity index (χ1n) is 4.57. The first kappa shape index (κ1) is 10.2. The van der Waals surface area contributed by atoms with E-state index in [4.69, 9.17) is 11.5 Å². The molecule has 2 aliphatic heterocycles. The van der Waals surface area contributed by atoms with E-state index in [-0.39, 0.29) is 22.5 Å². The van der Waals surface area contributed by atoms with Crippen LogP contribution in [-0.4, -0.2) is 21.2 Å². The number of hydrogen-bond donors (Lipinski definition) is 6. The number of anilines is 2. The van der Waals surface area contributed by atoms with Crippen LogP contribution in [0.3, 0.4) is 0 Å². The number of aromatic hydroxyl groups is 2. The number of phenolic OH excluding ortho intramolecular Hbond substituents is 2. The highest BCUT2D eigenvalue weighted by atomic mass is 32.2. The normalized spacial score (nSPS) is 25.9. The summed E-state index contributed by atoms with van der Waals surface area (Å²) in [5.74, 6) is 0.183. The number of hydrogen-bond acceptors (Lipinski definition) is 8. The maximum absolute atomic E-state index is 10.0. The highest BCUT2D eigenvalue weighted by Crippen LogP contribution is 2.58. The summed E-state index contributed by atoms with van der Waals surface area (Å²) in [4.78, 5) is 1.15. The van der Waals surface area contributed by atoms with Gasteiger partial charge >= 0.3 is 0 Å². The quantitative estimate of drug-likeness (QED) is 0.296. The van der Waals surface area contributed by atoms with Crippen LogP contribution in [0.5, 0.6) is 11.5 Å². The van der Waals surface area contributed by atoms with Gasteiger partial charge in [0.15, 0.2) is 5.75 Å². The maximum atomic E-state index is 10.0. The topological polar surface area (TPSA) is 117 Å². The molecule has 0 radical (unpaired) electrons. The second-order valence-corrected chi connectivity index (χ2v) is 5.77. The van der Waals surface area contributed by atoms with Gasteiger partial charge < -0.3 is 32.3 Å². The van der Waals surface area contributed by atoms with Crippen molar-refractivity contribution in [3.63, 3.8) is 0 Å². The summed E-state index contributed by atoms with van der Waals surface area (Å²) in [5.41, 5.74) is 11.6. The molecule has 0 amide bonds. The molecule has 2 heterocycles. The second kappa shape index (κ2) is 3.27. The Hall–Kier alpha value is -0.960. The van der Waals surface area contributed by atoms with Crippen LogP contribution in [-0.2, 0) is 0 Å². The predicted octanol–water partition coefficient (Wildman–Crippen LogP) is 0.618. The molecule has 1 aromatic rings. The van der Waals surface area contributed by atoms with Crippen molar-refractivity contribution in [1.29, 1.82) is 0 Å². The zero-order chi connectivity index (χ0) is 11.4. The molecule has 2 unspecified atom stereocenters. The zero-order valence-corrected chi connectivity index (χ0v) is 9.65. The Balaban J connectivity index is 2.22. The minimum atomic E-state index is -0.354. The number of nitrogens with one attached hydrogen (secondary N) is 2. The van der Waals surface area contributed by atoms with Gasteiger partial charge in [-0.3, -0.25) is 0 Å². The zero-order valence-electron chi connectivity index (χ0n) is 8.02. The van der Waals surface area contributed by atoms with Gasteiger partial charge in [-0.05, 0) is 0 Å². The molecule has 16 heavy (non-hydrogen) atoms. The molecule has 0 spiro atoms. The molecule has 0 saturated heterocycles. The summed E-state index contributed by atoms with van der Waals surface area (Å²) >= 11 is 2.55. The fraction of sp³-hybridized carbons (Fsp3) is 0.250. The lowest BCUT2D eigenvalue weighted by atomic mass is 10.2. The van der Waals surface area contributed by atoms with Crippen LogP contribution in [0.4, 0.5) is 11.4 Å². The van der Waals surface area contributed by atoms with Crippen molar-refractivity contribution in [2.24, 2.45) is 11.5 Å². The van der Waals surface area contributed by atoms with E-state index in [1.54, 1.807) is 0 Å². The van der Waals surface area contributed by atoms with Crippen LogP contribution in [0.25, 0.3) is 0 Å². The maximum Gasteiger partial charge on any atom is 0.164 e. The Morgan fingerprint density at radius 1 is 0.875 bits per heavy atom. The molecule has 0 fully saturated rings. The van der Waals surface area contributed by atoms with Gasteiger partial charge in [-0.25, -0.2) is 0 Å². The Labute approximate surface area is 99.8 Å². The summed E-state index contributed by atoms with van der Waals surface area (Å²) in [7, 11) is 0. The van der Waals surface area contributed by atoms with Crippen molar-refractivity contribution in [2.45, 2.75) is 20.8 Å². The van der Waals surface area contributed by atoms with Crippen LogP contribution >= 0.6 is 23.5 Å². The Morgan fingerprint density at radius 3 is 1.75 bits per heavy atom. The largest absolute Gasteiger partial charge is 0.505 e. The molecule has 0 bridgehead atoms. The summed E-state index contributed by atoms with van der Waals surface area (Å²) in [6.07, 6.45) is 0. The number of rotatable bonds is 0. The number of benzene rings is 1. The molecule has 0 aliphatic carbocycles. The van der Waals surface area contributed by atoms with Crippen molar-refractivity contribution in [3.8, 4) is 11.5 Å². The monoisotopic (exact) mass is 258 g/mol. The van der Waals surface area contributed by atoms with Crippen LogP contribution in [0.15, 0.2) is 9.79 Å². The predicted molar refractivity (Wildman–Crippen MR) is 64.7 cm³/mol. The fourth-order valence-corrected chi connectivity index (χ4v) is 3.67. The standard InChI is InChI=1S/C8H10N4O2S2/c9-7-11-1-3(13)2-6(16-8(10)12-2)4(14)5(1)15-7/h7-8,11-14H,9-10H2. The van der Waals surface area contributed by atoms with Crippen LogP contribution < -0.4 is 22.1 Å². The summed E-state index contributed by atoms with van der Waals surface area (Å²) in [6.45, 7) is 0. The van der Waals surface area contributed by atoms with Crippen molar-refractivity contribution in [1.82, 2.24) is 0 Å². The summed E-state index contributed by atoms with van der Waals surface area (Å²) in [6, 6.07) is 0. The van der Waals surface area contributed by atoms with E-state index in [0.717, 1.165) is 0 Å². The van der Waals surface area contributed by atoms with Gasteiger partial charge in [0.2, 0.25) is 0 Å². The molecule has 86 valence electrons. The molecular weight excluding hydrogens is 248 g/mol. The van der Waals surface area contributed by atoms with E-state index in [1.165, 1.54) is 23.5 Å². The molecule has 2 aliphatic rings. The average molecular weight is 258 g/mol. The first-order valence-corrected chi connectivity index (χ1v) is 6.33. The molecule has 6 nitrogen and oxygen atoms in total. The van der Waals surface area contributed by atoms with Crippen molar-refractivity contribution >= 4 is 34.9 Å². The van der Waals surface area contributed by atoms with Gasteiger partial charge in [0.1, 0.15) is 16.7 Å². The molecule has 8 heteroatoms. The Morgan fingerprint density at radius 2 is 1.31 bits per heavy atom. The molecule has 8 N–H and O–H groups in total. The number of nitrogens with two attached hydrogens (primary N) is 2. The van der Waals surface area contributed by atoms with Crippen LogP contribution in [0.2, 0.25) is 0 Å². The number of phenols is 2. The highest BCUT2D eigenvalue weighted by Gasteiger charge is 2.34. The minimum Gasteiger partial charge on any atom is -0.505 e. The fourth-order valence-electron chi connectivity index (χ4n) is 1.77. The molecule has 0 aromatic heterocycles. The van der Waals surface area contributed by atoms with E-state index in [9.17, 15) is 10.2 Å². The van der Waals surface area contributed by atoms with E-state index >= 15 is 0 Å². The van der Waals surface area contributed by atoms with Gasteiger partial charge in [-0.2, -0.15) is 0 Å². The summed E-state index contributed by atoms with van der Waals surface area (Å²) < 4.78 is 0. The number of thioether (sulfide) groups is 2. The van der Waals surface area contributed by atoms with Crippen LogP contribution in [0, 0.1) is 0 Å². The molecule has 1 aromatic carbocycles. The van der Waals surface area contributed by atoms with Gasteiger partial charge in [0.25, 0.3) is 0 Å². The average Bonchev–Trinajstić information content (AvgIpc) is 2.78.